The van der Waals surface area contributed by atoms with Gasteiger partial charge in [-0.2, -0.15) is 0 Å². The first-order chi connectivity index (χ1) is 15.8. The van der Waals surface area contributed by atoms with Crippen LogP contribution in [0, 0.1) is 11.3 Å². The molecule has 1 N–H and O–H groups in total. The smallest absolute Gasteiger partial charge is 0.255 e. The third-order valence-electron chi connectivity index (χ3n) is 6.21. The molecule has 0 bridgehead atoms. The Hall–Kier alpha value is -2.57. The van der Waals surface area contributed by atoms with Gasteiger partial charge in [-0.25, -0.2) is 4.99 Å². The maximum Gasteiger partial charge on any atom is 0.255 e. The van der Waals surface area contributed by atoms with Gasteiger partial charge in [-0.05, 0) is 66.5 Å². The molecule has 174 valence electrons. The molecule has 0 saturated carbocycles. The normalized spacial score (nSPS) is 16.1. The van der Waals surface area contributed by atoms with Gasteiger partial charge in [0, 0.05) is 21.7 Å². The molecule has 1 aliphatic carbocycles. The molecule has 1 aliphatic rings. The third kappa shape index (κ3) is 5.33. The van der Waals surface area contributed by atoms with Crippen LogP contribution < -0.4 is 10.1 Å². The second kappa shape index (κ2) is 9.74. The van der Waals surface area contributed by atoms with Gasteiger partial charge < -0.3 is 14.5 Å². The van der Waals surface area contributed by atoms with Crippen LogP contribution >= 0.6 is 22.9 Å². The predicted octanol–water partition coefficient (Wildman–Crippen LogP) is 6.83. The van der Waals surface area contributed by atoms with Gasteiger partial charge in [0.15, 0.2) is 0 Å². The molecule has 33 heavy (non-hydrogen) atoms. The molecule has 1 aromatic carbocycles. The monoisotopic (exact) mass is 484 g/mol. The predicted molar refractivity (Wildman–Crippen MR) is 134 cm³/mol. The van der Waals surface area contributed by atoms with Crippen LogP contribution in [-0.2, 0) is 19.4 Å². The summed E-state index contributed by atoms with van der Waals surface area (Å²) in [5.41, 5.74) is 2.79. The van der Waals surface area contributed by atoms with Gasteiger partial charge in [0.2, 0.25) is 0 Å². The van der Waals surface area contributed by atoms with Crippen LogP contribution in [0.3, 0.4) is 0 Å². The van der Waals surface area contributed by atoms with Crippen molar-refractivity contribution in [2.75, 3.05) is 7.11 Å². The fourth-order valence-corrected chi connectivity index (χ4v) is 5.69. The van der Waals surface area contributed by atoms with Gasteiger partial charge in [0.25, 0.3) is 5.91 Å². The summed E-state index contributed by atoms with van der Waals surface area (Å²) in [6, 6.07) is 9.07. The summed E-state index contributed by atoms with van der Waals surface area (Å²) < 4.78 is 10.8. The second-order valence-electron chi connectivity index (χ2n) is 9.40. The lowest BCUT2D eigenvalue weighted by Gasteiger charge is -2.33. The molecule has 2 aromatic heterocycles. The van der Waals surface area contributed by atoms with Crippen LogP contribution in [-0.4, -0.2) is 19.2 Å². The van der Waals surface area contributed by atoms with Crippen LogP contribution in [0.2, 0.25) is 5.02 Å². The van der Waals surface area contributed by atoms with Crippen LogP contribution in [0.25, 0.3) is 0 Å². The number of hydrogen-bond acceptors (Lipinski definition) is 5. The molecule has 4 rings (SSSR count). The number of rotatable bonds is 6. The van der Waals surface area contributed by atoms with E-state index in [0.29, 0.717) is 39.6 Å². The molecule has 2 heterocycles. The highest BCUT2D eigenvalue weighted by molar-refractivity contribution is 7.16. The number of methoxy groups -OCH3 is 1. The van der Waals surface area contributed by atoms with E-state index in [0.717, 1.165) is 30.4 Å². The van der Waals surface area contributed by atoms with E-state index < -0.39 is 0 Å². The van der Waals surface area contributed by atoms with E-state index >= 15 is 0 Å². The van der Waals surface area contributed by atoms with Gasteiger partial charge in [0.05, 0.1) is 25.5 Å². The first-order valence-electron chi connectivity index (χ1n) is 11.1. The van der Waals surface area contributed by atoms with Gasteiger partial charge in [-0.1, -0.05) is 32.4 Å². The molecule has 0 aliphatic heterocycles. The Morgan fingerprint density at radius 3 is 2.88 bits per heavy atom. The van der Waals surface area contributed by atoms with E-state index in [1.165, 1.54) is 4.88 Å². The largest absolute Gasteiger partial charge is 0.496 e. The quantitative estimate of drug-likeness (QED) is 0.390. The van der Waals surface area contributed by atoms with Crippen LogP contribution in [0.4, 0.5) is 5.00 Å². The number of ether oxygens (including phenoxy) is 1. The summed E-state index contributed by atoms with van der Waals surface area (Å²) in [4.78, 5) is 19.3. The van der Waals surface area contributed by atoms with Crippen molar-refractivity contribution in [3.63, 3.8) is 0 Å². The fourth-order valence-electron chi connectivity index (χ4n) is 4.24. The number of aliphatic imine (C=N–C) groups is 1. The molecular formula is C26H29ClN2O3S. The number of amides is 1. The first-order valence-corrected chi connectivity index (χ1v) is 12.3. The zero-order chi connectivity index (χ0) is 23.6. The highest BCUT2D eigenvalue weighted by atomic mass is 35.5. The molecule has 3 aromatic rings. The number of furan rings is 1. The van der Waals surface area contributed by atoms with Gasteiger partial charge in [-0.3, -0.25) is 4.79 Å². The van der Waals surface area contributed by atoms with E-state index in [9.17, 15) is 4.79 Å². The minimum atomic E-state index is -0.122. The van der Waals surface area contributed by atoms with Crippen LogP contribution in [0.5, 0.6) is 5.75 Å². The summed E-state index contributed by atoms with van der Waals surface area (Å²) >= 11 is 7.80. The first kappa shape index (κ1) is 23.6. The number of thiophene rings is 1. The molecular weight excluding hydrogens is 456 g/mol. The molecule has 0 spiro atoms. The van der Waals surface area contributed by atoms with Crippen LogP contribution in [0.15, 0.2) is 46.0 Å². The van der Waals surface area contributed by atoms with Crippen molar-refractivity contribution in [3.05, 3.63) is 68.9 Å². The van der Waals surface area contributed by atoms with Gasteiger partial charge >= 0.3 is 0 Å². The maximum atomic E-state index is 13.3. The van der Waals surface area contributed by atoms with E-state index in [4.69, 9.17) is 25.7 Å². The number of fused-ring (bicyclic) bond motifs is 1. The number of carbonyl (C=O) groups excluding carboxylic acids is 1. The molecule has 0 radical (unpaired) electrons. The maximum absolute atomic E-state index is 13.3. The van der Waals surface area contributed by atoms with E-state index in [2.05, 4.69) is 26.1 Å². The molecule has 1 amide bonds. The van der Waals surface area contributed by atoms with E-state index in [-0.39, 0.29) is 11.3 Å². The lowest BCUT2D eigenvalue weighted by molar-refractivity contribution is 0.0947. The molecule has 1 atom stereocenters. The third-order valence-corrected chi connectivity index (χ3v) is 7.61. The minimum absolute atomic E-state index is 0.122. The lowest BCUT2D eigenvalue weighted by Crippen LogP contribution is -2.28. The summed E-state index contributed by atoms with van der Waals surface area (Å²) in [6.45, 7) is 7.21. The zero-order valence-corrected chi connectivity index (χ0v) is 21.0. The van der Waals surface area contributed by atoms with Crippen molar-refractivity contribution in [1.82, 2.24) is 5.32 Å². The summed E-state index contributed by atoms with van der Waals surface area (Å²) in [5.74, 6) is 1.85. The number of halogens is 1. The molecule has 0 fully saturated rings. The van der Waals surface area contributed by atoms with Crippen molar-refractivity contribution in [1.29, 1.82) is 0 Å². The van der Waals surface area contributed by atoms with Crippen molar-refractivity contribution < 1.29 is 13.9 Å². The molecule has 5 nitrogen and oxygen atoms in total. The number of benzene rings is 1. The molecule has 0 unspecified atom stereocenters. The second-order valence-corrected chi connectivity index (χ2v) is 10.9. The number of carbonyl (C=O) groups is 1. The molecule has 7 heteroatoms. The zero-order valence-electron chi connectivity index (χ0n) is 19.4. The minimum Gasteiger partial charge on any atom is -0.496 e. The average molecular weight is 485 g/mol. The number of nitrogens with one attached hydrogen (secondary N) is 1. The Labute approximate surface area is 203 Å². The van der Waals surface area contributed by atoms with Gasteiger partial charge in [-0.15, -0.1) is 11.3 Å². The van der Waals surface area contributed by atoms with Crippen LogP contribution in [0.1, 0.15) is 59.3 Å². The number of hydrogen-bond donors (Lipinski definition) is 1. The Bertz CT molecular complexity index is 1160. The number of nitrogens with zero attached hydrogens (tertiary/aromatic N) is 1. The van der Waals surface area contributed by atoms with Crippen molar-refractivity contribution in [3.8, 4) is 5.75 Å². The standard InChI is InChI=1S/C26H29ClN2O3S/c1-26(2,3)17-7-9-20-22(13-17)33-25(23(20)24(30)28-15-19-6-5-11-32-19)29-14-16-12-18(27)8-10-21(16)31-4/h5-6,8,10-12,14,17H,7,9,13,15H2,1-4H3,(H,28,30)/t17-/m0/s1. The summed E-state index contributed by atoms with van der Waals surface area (Å²) in [7, 11) is 1.62. The average Bonchev–Trinajstić information content (AvgIpc) is 3.42. The Morgan fingerprint density at radius 2 is 2.18 bits per heavy atom. The Morgan fingerprint density at radius 1 is 1.36 bits per heavy atom. The van der Waals surface area contributed by atoms with Crippen molar-refractivity contribution >= 4 is 40.1 Å². The highest BCUT2D eigenvalue weighted by Crippen LogP contribution is 2.45. The van der Waals surface area contributed by atoms with Gasteiger partial charge in [0.1, 0.15) is 16.5 Å². The SMILES string of the molecule is COc1ccc(Cl)cc1C=Nc1sc2c(c1C(=O)NCc1ccco1)CC[C@H](C(C)(C)C)C2. The topological polar surface area (TPSA) is 63.8 Å². The Kier molecular flexibility index (Phi) is 6.96. The lowest BCUT2D eigenvalue weighted by atomic mass is 9.72. The van der Waals surface area contributed by atoms with Crippen molar-refractivity contribution in [2.45, 2.75) is 46.6 Å². The Balaban J connectivity index is 1.68. The highest BCUT2D eigenvalue weighted by Gasteiger charge is 2.33. The summed E-state index contributed by atoms with van der Waals surface area (Å²) in [5, 5.41) is 4.32. The van der Waals surface area contributed by atoms with E-state index in [1.807, 2.05) is 24.3 Å². The van der Waals surface area contributed by atoms with E-state index in [1.54, 1.807) is 37.0 Å². The fraction of sp³-hybridized carbons (Fsp3) is 0.385. The molecule has 0 saturated heterocycles. The van der Waals surface area contributed by atoms with Crippen molar-refractivity contribution in [2.24, 2.45) is 16.3 Å². The summed E-state index contributed by atoms with van der Waals surface area (Å²) in [6.07, 6.45) is 6.25.